The third-order valence-electron chi connectivity index (χ3n) is 1.50. The Kier molecular flexibility index (Phi) is 2.70. The van der Waals surface area contributed by atoms with Crippen molar-refractivity contribution in [3.63, 3.8) is 0 Å². The minimum absolute atomic E-state index is 0.192. The molecule has 0 aliphatic carbocycles. The van der Waals surface area contributed by atoms with Crippen molar-refractivity contribution in [3.8, 4) is 0 Å². The number of hydrogen-bond donors (Lipinski definition) is 0. The van der Waals surface area contributed by atoms with Crippen molar-refractivity contribution in [2.75, 3.05) is 7.11 Å². The highest BCUT2D eigenvalue weighted by Crippen LogP contribution is 2.30. The lowest BCUT2D eigenvalue weighted by Crippen LogP contribution is -2.27. The summed E-state index contributed by atoms with van der Waals surface area (Å²) in [6.45, 7) is 3.26. The monoisotopic (exact) mass is 248 g/mol. The first-order chi connectivity index (χ1) is 5.98. The fourth-order valence-electron chi connectivity index (χ4n) is 0.767. The molecule has 5 nitrogen and oxygen atoms in total. The van der Waals surface area contributed by atoms with Gasteiger partial charge in [-0.1, -0.05) is 21.1 Å². The Hall–Kier alpha value is -0.910. The van der Waals surface area contributed by atoms with Gasteiger partial charge in [0.1, 0.15) is 0 Å². The van der Waals surface area contributed by atoms with Crippen LogP contribution >= 0.6 is 15.9 Å². The van der Waals surface area contributed by atoms with Crippen molar-refractivity contribution in [1.29, 1.82) is 0 Å². The molecule has 0 saturated carbocycles. The number of carbonyl (C=O) groups excluding carboxylic acids is 1. The van der Waals surface area contributed by atoms with Gasteiger partial charge in [0.2, 0.25) is 0 Å². The average molecular weight is 249 g/mol. The molecule has 0 aliphatic heterocycles. The first-order valence-corrected chi connectivity index (χ1v) is 4.36. The van der Waals surface area contributed by atoms with E-state index in [1.807, 2.05) is 0 Å². The number of esters is 1. The van der Waals surface area contributed by atoms with Crippen molar-refractivity contribution < 1.29 is 14.1 Å². The summed E-state index contributed by atoms with van der Waals surface area (Å²) < 4.78 is 8.34. The summed E-state index contributed by atoms with van der Waals surface area (Å²) >= 11 is 3.16. The molecule has 0 aromatic carbocycles. The Morgan fingerprint density at radius 1 is 1.69 bits per heavy atom. The van der Waals surface area contributed by atoms with Crippen molar-refractivity contribution in [1.82, 2.24) is 10.1 Å². The van der Waals surface area contributed by atoms with Crippen LogP contribution in [0, 0.1) is 6.92 Å². The molecule has 1 unspecified atom stereocenters. The lowest BCUT2D eigenvalue weighted by Gasteiger charge is -2.13. The second-order valence-electron chi connectivity index (χ2n) is 2.64. The summed E-state index contributed by atoms with van der Waals surface area (Å²) in [5, 5.41) is 3.58. The van der Waals surface area contributed by atoms with Crippen LogP contribution in [-0.2, 0) is 13.9 Å². The molecule has 1 aromatic heterocycles. The van der Waals surface area contributed by atoms with E-state index in [1.54, 1.807) is 13.8 Å². The molecule has 6 heteroatoms. The second-order valence-corrected chi connectivity index (χ2v) is 4.23. The van der Waals surface area contributed by atoms with Gasteiger partial charge in [0, 0.05) is 0 Å². The number of nitrogens with zero attached hydrogens (tertiary/aromatic N) is 2. The van der Waals surface area contributed by atoms with Gasteiger partial charge in [-0.15, -0.1) is 0 Å². The molecule has 0 spiro atoms. The Balaban J connectivity index is 2.99. The number of aromatic nitrogens is 2. The smallest absolute Gasteiger partial charge is 0.332 e. The van der Waals surface area contributed by atoms with Crippen LogP contribution < -0.4 is 0 Å². The summed E-state index contributed by atoms with van der Waals surface area (Å²) in [6.07, 6.45) is 0. The maximum absolute atomic E-state index is 11.2. The van der Waals surface area contributed by atoms with Gasteiger partial charge < -0.3 is 9.26 Å². The zero-order valence-electron chi connectivity index (χ0n) is 7.50. The van der Waals surface area contributed by atoms with Crippen LogP contribution in [0.3, 0.4) is 0 Å². The van der Waals surface area contributed by atoms with Gasteiger partial charge in [-0.05, 0) is 13.8 Å². The van der Waals surface area contributed by atoms with Crippen LogP contribution in [0.2, 0.25) is 0 Å². The molecule has 0 bridgehead atoms. The van der Waals surface area contributed by atoms with Gasteiger partial charge in [0.25, 0.3) is 5.89 Å². The van der Waals surface area contributed by atoms with Crippen molar-refractivity contribution in [2.45, 2.75) is 18.2 Å². The molecule has 0 amide bonds. The van der Waals surface area contributed by atoms with E-state index in [0.717, 1.165) is 0 Å². The Morgan fingerprint density at radius 3 is 2.69 bits per heavy atom. The highest BCUT2D eigenvalue weighted by atomic mass is 79.9. The molecule has 1 rings (SSSR count). The molecule has 0 saturated heterocycles. The normalized spacial score (nSPS) is 15.1. The maximum Gasteiger partial charge on any atom is 0.332 e. The number of aryl methyl sites for hydroxylation is 1. The number of ether oxygens (including phenoxy) is 1. The summed E-state index contributed by atoms with van der Waals surface area (Å²) in [5.74, 6) is 0.192. The summed E-state index contributed by atoms with van der Waals surface area (Å²) in [6, 6.07) is 0. The van der Waals surface area contributed by atoms with Crippen LogP contribution in [0.5, 0.6) is 0 Å². The van der Waals surface area contributed by atoms with Gasteiger partial charge in [-0.3, -0.25) is 0 Å². The van der Waals surface area contributed by atoms with Gasteiger partial charge in [-0.2, -0.15) is 4.98 Å². The molecular formula is C7H9BrN2O3. The SMILES string of the molecule is COC(=O)C(C)(Br)c1nc(C)no1. The van der Waals surface area contributed by atoms with Crippen LogP contribution in [0.15, 0.2) is 4.52 Å². The van der Waals surface area contributed by atoms with E-state index in [-0.39, 0.29) is 5.89 Å². The molecule has 0 radical (unpaired) electrons. The van der Waals surface area contributed by atoms with Gasteiger partial charge in [0.05, 0.1) is 7.11 Å². The van der Waals surface area contributed by atoms with Crippen LogP contribution in [0.1, 0.15) is 18.6 Å². The molecule has 1 heterocycles. The van der Waals surface area contributed by atoms with Crippen molar-refractivity contribution >= 4 is 21.9 Å². The maximum atomic E-state index is 11.2. The number of carbonyl (C=O) groups is 1. The minimum atomic E-state index is -1.07. The second kappa shape index (κ2) is 3.45. The third-order valence-corrected chi connectivity index (χ3v) is 2.16. The summed E-state index contributed by atoms with van der Waals surface area (Å²) in [4.78, 5) is 15.2. The standard InChI is InChI=1S/C7H9BrN2O3/c1-4-9-5(13-10-4)7(2,8)6(11)12-3/h1-3H3. The predicted octanol–water partition coefficient (Wildman–Crippen LogP) is 1.16. The Labute approximate surface area is 83.6 Å². The quantitative estimate of drug-likeness (QED) is 0.581. The first-order valence-electron chi connectivity index (χ1n) is 3.56. The fourth-order valence-corrected chi connectivity index (χ4v) is 1.09. The summed E-state index contributed by atoms with van der Waals surface area (Å²) in [5.41, 5.74) is 0. The van der Waals surface area contributed by atoms with E-state index in [1.165, 1.54) is 7.11 Å². The highest BCUT2D eigenvalue weighted by molar-refractivity contribution is 9.10. The molecule has 0 fully saturated rings. The Bertz CT molecular complexity index is 321. The highest BCUT2D eigenvalue weighted by Gasteiger charge is 2.39. The van der Waals surface area contributed by atoms with Gasteiger partial charge in [-0.25, -0.2) is 4.79 Å². The molecule has 0 N–H and O–H groups in total. The summed E-state index contributed by atoms with van der Waals surface area (Å²) in [7, 11) is 1.30. The first kappa shape index (κ1) is 10.2. The van der Waals surface area contributed by atoms with Crippen LogP contribution in [0.4, 0.5) is 0 Å². The number of alkyl halides is 1. The molecule has 72 valence electrons. The predicted molar refractivity (Wildman–Crippen MR) is 47.3 cm³/mol. The molecular weight excluding hydrogens is 240 g/mol. The van der Waals surface area contributed by atoms with Gasteiger partial charge in [0.15, 0.2) is 10.1 Å². The molecule has 1 aromatic rings. The largest absolute Gasteiger partial charge is 0.468 e. The van der Waals surface area contributed by atoms with E-state index in [9.17, 15) is 4.79 Å². The fraction of sp³-hybridized carbons (Fsp3) is 0.571. The average Bonchev–Trinajstić information content (AvgIpc) is 2.50. The number of methoxy groups -OCH3 is 1. The lowest BCUT2D eigenvalue weighted by molar-refractivity contribution is -0.143. The molecule has 0 aliphatic rings. The number of hydrogen-bond acceptors (Lipinski definition) is 5. The van der Waals surface area contributed by atoms with Crippen molar-refractivity contribution in [3.05, 3.63) is 11.7 Å². The lowest BCUT2D eigenvalue weighted by atomic mass is 10.2. The zero-order valence-corrected chi connectivity index (χ0v) is 9.08. The van der Waals surface area contributed by atoms with Gasteiger partial charge >= 0.3 is 5.97 Å². The van der Waals surface area contributed by atoms with Crippen LogP contribution in [0.25, 0.3) is 0 Å². The molecule has 13 heavy (non-hydrogen) atoms. The van der Waals surface area contributed by atoms with E-state index in [4.69, 9.17) is 4.52 Å². The Morgan fingerprint density at radius 2 is 2.31 bits per heavy atom. The third kappa shape index (κ3) is 1.88. The van der Waals surface area contributed by atoms with E-state index < -0.39 is 10.3 Å². The number of rotatable bonds is 2. The van der Waals surface area contributed by atoms with E-state index in [2.05, 4.69) is 30.8 Å². The number of halogens is 1. The topological polar surface area (TPSA) is 65.2 Å². The van der Waals surface area contributed by atoms with Crippen LogP contribution in [-0.4, -0.2) is 23.2 Å². The van der Waals surface area contributed by atoms with E-state index in [0.29, 0.717) is 5.82 Å². The van der Waals surface area contributed by atoms with E-state index >= 15 is 0 Å². The zero-order chi connectivity index (χ0) is 10.1. The minimum Gasteiger partial charge on any atom is -0.468 e. The van der Waals surface area contributed by atoms with Crippen molar-refractivity contribution in [2.24, 2.45) is 0 Å². The molecule has 1 atom stereocenters.